The molecule has 22 heavy (non-hydrogen) atoms. The Labute approximate surface area is 145 Å². The van der Waals surface area contributed by atoms with Crippen molar-refractivity contribution in [3.8, 4) is 0 Å². The molecule has 2 fully saturated rings. The highest BCUT2D eigenvalue weighted by Crippen LogP contribution is 2.25. The van der Waals surface area contributed by atoms with Crippen LogP contribution in [-0.4, -0.2) is 34.6 Å². The van der Waals surface area contributed by atoms with Crippen molar-refractivity contribution < 1.29 is 9.59 Å². The quantitative estimate of drug-likeness (QED) is 0.662. The molecule has 0 atom stereocenters. The number of thioether (sulfide) groups is 2. The lowest BCUT2D eigenvalue weighted by Gasteiger charge is -2.19. The lowest BCUT2D eigenvalue weighted by Crippen LogP contribution is -2.12. The van der Waals surface area contributed by atoms with Crippen molar-refractivity contribution in [1.29, 1.82) is 0 Å². The molecule has 4 heteroatoms. The highest BCUT2D eigenvalue weighted by Gasteiger charge is 2.14. The lowest BCUT2D eigenvalue weighted by molar-refractivity contribution is -0.118. The van der Waals surface area contributed by atoms with Crippen LogP contribution >= 0.6 is 23.5 Å². The van der Waals surface area contributed by atoms with Gasteiger partial charge in [-0.3, -0.25) is 4.79 Å². The number of Topliss-reactive ketones (excluding diaryl/α,β-unsaturated/α-hetero) is 1. The molecule has 0 N–H and O–H groups in total. The van der Waals surface area contributed by atoms with Crippen LogP contribution in [0.5, 0.6) is 0 Å². The highest BCUT2D eigenvalue weighted by atomic mass is 32.2. The Kier molecular flexibility index (Phi) is 14.2. The molecule has 2 heterocycles. The van der Waals surface area contributed by atoms with E-state index in [1.54, 1.807) is 19.9 Å². The summed E-state index contributed by atoms with van der Waals surface area (Å²) in [4.78, 5) is 21.3. The van der Waals surface area contributed by atoms with Crippen LogP contribution in [0.2, 0.25) is 0 Å². The van der Waals surface area contributed by atoms with Crippen molar-refractivity contribution in [2.24, 2.45) is 5.92 Å². The molecule has 2 nitrogen and oxygen atoms in total. The second-order valence-electron chi connectivity index (χ2n) is 5.49. The lowest BCUT2D eigenvalue weighted by atomic mass is 9.97. The van der Waals surface area contributed by atoms with Gasteiger partial charge in [0.15, 0.2) is 5.78 Å². The third-order valence-electron chi connectivity index (χ3n) is 3.46. The third kappa shape index (κ3) is 12.3. The number of ketones is 2. The molecule has 0 aliphatic carbocycles. The van der Waals surface area contributed by atoms with E-state index in [1.165, 1.54) is 41.4 Å². The average molecular weight is 345 g/mol. The van der Waals surface area contributed by atoms with E-state index in [1.807, 2.05) is 37.4 Å². The minimum atomic E-state index is 0.196. The van der Waals surface area contributed by atoms with Gasteiger partial charge in [0, 0.05) is 6.42 Å². The zero-order valence-electron chi connectivity index (χ0n) is 14.7. The van der Waals surface area contributed by atoms with Crippen molar-refractivity contribution in [1.82, 2.24) is 0 Å². The monoisotopic (exact) mass is 344 g/mol. The van der Waals surface area contributed by atoms with Gasteiger partial charge in [-0.2, -0.15) is 23.5 Å². The van der Waals surface area contributed by atoms with Crippen LogP contribution < -0.4 is 0 Å². The Hall–Kier alpha value is -0.220. The number of carbonyl (C=O) groups excluding carboxylic acids is 2. The minimum Gasteiger partial charge on any atom is -0.300 e. The molecular weight excluding hydrogens is 312 g/mol. The first-order valence-electron chi connectivity index (χ1n) is 8.43. The van der Waals surface area contributed by atoms with E-state index in [4.69, 9.17) is 0 Å². The van der Waals surface area contributed by atoms with Gasteiger partial charge in [0.1, 0.15) is 5.78 Å². The smallest absolute Gasteiger partial charge is 0.152 e. The van der Waals surface area contributed by atoms with Gasteiger partial charge >= 0.3 is 0 Å². The summed E-state index contributed by atoms with van der Waals surface area (Å²) in [6.45, 7) is 7.32. The van der Waals surface area contributed by atoms with Gasteiger partial charge in [0.05, 0.1) is 0 Å². The molecule has 2 saturated heterocycles. The van der Waals surface area contributed by atoms with Crippen LogP contribution in [0.1, 0.15) is 59.8 Å². The van der Waals surface area contributed by atoms with Crippen LogP contribution in [0.15, 0.2) is 11.6 Å². The van der Waals surface area contributed by atoms with Gasteiger partial charge in [-0.1, -0.05) is 19.4 Å². The summed E-state index contributed by atoms with van der Waals surface area (Å²) in [5.41, 5.74) is 1.34. The van der Waals surface area contributed by atoms with Crippen molar-refractivity contribution in [2.75, 3.05) is 23.0 Å². The first-order chi connectivity index (χ1) is 10.6. The first-order valence-corrected chi connectivity index (χ1v) is 10.7. The SMILES string of the molecule is CC.CC(=O)C=C1CCSCC1.CC(=O)CC1CCSCC1. The molecule has 0 amide bonds. The number of hydrogen-bond donors (Lipinski definition) is 0. The molecule has 0 spiro atoms. The van der Waals surface area contributed by atoms with Crippen molar-refractivity contribution in [3.63, 3.8) is 0 Å². The Bertz CT molecular complexity index is 337. The molecule has 2 aliphatic heterocycles. The number of carbonyl (C=O) groups is 2. The van der Waals surface area contributed by atoms with Crippen LogP contribution in [-0.2, 0) is 9.59 Å². The van der Waals surface area contributed by atoms with Crippen LogP contribution in [0, 0.1) is 5.92 Å². The topological polar surface area (TPSA) is 34.1 Å². The number of allylic oxidation sites excluding steroid dienone is 2. The average Bonchev–Trinajstić information content (AvgIpc) is 2.51. The van der Waals surface area contributed by atoms with E-state index in [0.717, 1.165) is 19.3 Å². The molecule has 0 radical (unpaired) electrons. The summed E-state index contributed by atoms with van der Waals surface area (Å²) in [6, 6.07) is 0. The van der Waals surface area contributed by atoms with Crippen LogP contribution in [0.3, 0.4) is 0 Å². The summed E-state index contributed by atoms with van der Waals surface area (Å²) in [5, 5.41) is 0. The zero-order chi connectivity index (χ0) is 16.8. The summed E-state index contributed by atoms with van der Waals surface area (Å²) in [6.07, 6.45) is 7.35. The maximum Gasteiger partial charge on any atom is 0.152 e. The summed E-state index contributed by atoms with van der Waals surface area (Å²) in [5.74, 6) is 6.17. The van der Waals surface area contributed by atoms with E-state index in [0.29, 0.717) is 11.7 Å². The van der Waals surface area contributed by atoms with E-state index in [-0.39, 0.29) is 5.78 Å². The predicted molar refractivity (Wildman–Crippen MR) is 102 cm³/mol. The van der Waals surface area contributed by atoms with Gasteiger partial charge in [-0.25, -0.2) is 0 Å². The third-order valence-corrected chi connectivity index (χ3v) is 5.49. The summed E-state index contributed by atoms with van der Waals surface area (Å²) >= 11 is 3.99. The molecule has 0 aromatic carbocycles. The minimum absolute atomic E-state index is 0.196. The summed E-state index contributed by atoms with van der Waals surface area (Å²) in [7, 11) is 0. The van der Waals surface area contributed by atoms with Gasteiger partial charge in [-0.15, -0.1) is 0 Å². The molecule has 0 unspecified atom stereocenters. The predicted octanol–water partition coefficient (Wildman–Crippen LogP) is 5.16. The van der Waals surface area contributed by atoms with Crippen LogP contribution in [0.25, 0.3) is 0 Å². The van der Waals surface area contributed by atoms with Gasteiger partial charge in [-0.05, 0) is 74.5 Å². The fraction of sp³-hybridized carbons (Fsp3) is 0.778. The second-order valence-corrected chi connectivity index (χ2v) is 7.94. The maximum absolute atomic E-state index is 10.7. The maximum atomic E-state index is 10.7. The van der Waals surface area contributed by atoms with E-state index in [2.05, 4.69) is 0 Å². The summed E-state index contributed by atoms with van der Waals surface area (Å²) < 4.78 is 0. The van der Waals surface area contributed by atoms with Crippen LogP contribution in [0.4, 0.5) is 0 Å². The normalized spacial score (nSPS) is 18.3. The van der Waals surface area contributed by atoms with E-state index in [9.17, 15) is 9.59 Å². The Balaban J connectivity index is 0.000000360. The fourth-order valence-corrected chi connectivity index (χ4v) is 4.64. The highest BCUT2D eigenvalue weighted by molar-refractivity contribution is 7.99. The molecule has 0 saturated carbocycles. The van der Waals surface area contributed by atoms with Crippen molar-refractivity contribution in [3.05, 3.63) is 11.6 Å². The molecule has 2 rings (SSSR count). The number of rotatable bonds is 3. The van der Waals surface area contributed by atoms with Gasteiger partial charge in [0.2, 0.25) is 0 Å². The molecule has 2 aliphatic rings. The fourth-order valence-electron chi connectivity index (χ4n) is 2.42. The van der Waals surface area contributed by atoms with Crippen molar-refractivity contribution in [2.45, 2.75) is 59.8 Å². The molecule has 0 aromatic heterocycles. The van der Waals surface area contributed by atoms with Gasteiger partial charge < -0.3 is 4.79 Å². The van der Waals surface area contributed by atoms with Crippen molar-refractivity contribution >= 4 is 35.1 Å². The standard InChI is InChI=1S/C8H14OS.C8H12OS.C2H6/c2*1-7(9)6-8-2-4-10-5-3-8;1-2/h8H,2-6H2,1H3;6H,2-5H2,1H3;1-2H3. The zero-order valence-corrected chi connectivity index (χ0v) is 16.3. The Morgan fingerprint density at radius 2 is 1.50 bits per heavy atom. The molecule has 0 aromatic rings. The van der Waals surface area contributed by atoms with E-state index >= 15 is 0 Å². The Morgan fingerprint density at radius 1 is 1.00 bits per heavy atom. The Morgan fingerprint density at radius 3 is 1.95 bits per heavy atom. The second kappa shape index (κ2) is 14.4. The van der Waals surface area contributed by atoms with E-state index < -0.39 is 0 Å². The van der Waals surface area contributed by atoms with Gasteiger partial charge in [0.25, 0.3) is 0 Å². The largest absolute Gasteiger partial charge is 0.300 e. The first kappa shape index (κ1) is 21.8. The molecular formula is C18H32O2S2. The molecule has 128 valence electrons. The molecule has 0 bridgehead atoms. The number of hydrogen-bond acceptors (Lipinski definition) is 4.